The Morgan fingerprint density at radius 3 is 2.61 bits per heavy atom. The second-order valence-electron chi connectivity index (χ2n) is 5.57. The number of rotatable bonds is 5. The highest BCUT2D eigenvalue weighted by atomic mass is 35.5. The molecule has 0 bridgehead atoms. The summed E-state index contributed by atoms with van der Waals surface area (Å²) in [6.45, 7) is 2.56. The van der Waals surface area contributed by atoms with Crippen LogP contribution < -0.4 is 0 Å². The van der Waals surface area contributed by atoms with Gasteiger partial charge in [0.05, 0.1) is 5.92 Å². The third kappa shape index (κ3) is 4.79. The molecule has 0 unspecified atom stereocenters. The number of amides is 1. The summed E-state index contributed by atoms with van der Waals surface area (Å²) in [4.78, 5) is 37.5. The SMILES string of the molecule is CCC(=O)N1CCC[C@H](C(=O)OCC(=O)c2ccc(Cl)cc2)C1. The summed E-state index contributed by atoms with van der Waals surface area (Å²) < 4.78 is 5.13. The molecular formula is C17H20ClNO4. The van der Waals surface area contributed by atoms with Crippen LogP contribution in [-0.4, -0.2) is 42.3 Å². The Morgan fingerprint density at radius 2 is 1.96 bits per heavy atom. The summed E-state index contributed by atoms with van der Waals surface area (Å²) in [7, 11) is 0. The molecule has 0 N–H and O–H groups in total. The number of ether oxygens (including phenoxy) is 1. The van der Waals surface area contributed by atoms with E-state index in [1.54, 1.807) is 36.1 Å². The van der Waals surface area contributed by atoms with Gasteiger partial charge in [-0.15, -0.1) is 0 Å². The van der Waals surface area contributed by atoms with Gasteiger partial charge in [-0.3, -0.25) is 14.4 Å². The lowest BCUT2D eigenvalue weighted by Crippen LogP contribution is -2.42. The molecule has 1 heterocycles. The number of halogens is 1. The summed E-state index contributed by atoms with van der Waals surface area (Å²) in [5.74, 6) is -0.995. The van der Waals surface area contributed by atoms with E-state index in [0.29, 0.717) is 36.5 Å². The lowest BCUT2D eigenvalue weighted by atomic mass is 9.98. The van der Waals surface area contributed by atoms with Crippen molar-refractivity contribution >= 4 is 29.3 Å². The maximum absolute atomic E-state index is 12.1. The molecule has 6 heteroatoms. The molecule has 0 aromatic heterocycles. The van der Waals surface area contributed by atoms with Gasteiger partial charge < -0.3 is 9.64 Å². The molecule has 0 radical (unpaired) electrons. The molecule has 1 fully saturated rings. The van der Waals surface area contributed by atoms with Gasteiger partial charge in [0.25, 0.3) is 0 Å². The van der Waals surface area contributed by atoms with Crippen LogP contribution in [0.5, 0.6) is 0 Å². The van der Waals surface area contributed by atoms with Crippen LogP contribution in [0.3, 0.4) is 0 Å². The van der Waals surface area contributed by atoms with E-state index in [1.165, 1.54) is 0 Å². The second-order valence-corrected chi connectivity index (χ2v) is 6.01. The summed E-state index contributed by atoms with van der Waals surface area (Å²) in [5.41, 5.74) is 0.452. The predicted molar refractivity (Wildman–Crippen MR) is 86.3 cm³/mol. The number of ketones is 1. The van der Waals surface area contributed by atoms with E-state index in [9.17, 15) is 14.4 Å². The molecule has 0 aliphatic carbocycles. The fourth-order valence-corrected chi connectivity index (χ4v) is 2.72. The lowest BCUT2D eigenvalue weighted by Gasteiger charge is -2.31. The molecule has 1 aliphatic heterocycles. The maximum Gasteiger partial charge on any atom is 0.311 e. The van der Waals surface area contributed by atoms with Crippen LogP contribution in [0.1, 0.15) is 36.5 Å². The number of piperidine rings is 1. The quantitative estimate of drug-likeness (QED) is 0.612. The van der Waals surface area contributed by atoms with Crippen LogP contribution in [0.2, 0.25) is 5.02 Å². The van der Waals surface area contributed by atoms with Crippen molar-refractivity contribution in [3.63, 3.8) is 0 Å². The molecule has 1 aliphatic rings. The fraction of sp³-hybridized carbons (Fsp3) is 0.471. The molecule has 1 saturated heterocycles. The maximum atomic E-state index is 12.1. The van der Waals surface area contributed by atoms with Crippen molar-refractivity contribution in [3.05, 3.63) is 34.9 Å². The molecule has 23 heavy (non-hydrogen) atoms. The third-order valence-corrected chi connectivity index (χ3v) is 4.17. The summed E-state index contributed by atoms with van der Waals surface area (Å²) in [6, 6.07) is 6.43. The van der Waals surface area contributed by atoms with E-state index in [4.69, 9.17) is 16.3 Å². The number of carbonyl (C=O) groups is 3. The first-order valence-electron chi connectivity index (χ1n) is 7.74. The topological polar surface area (TPSA) is 63.7 Å². The number of benzene rings is 1. The van der Waals surface area contributed by atoms with Crippen molar-refractivity contribution in [2.24, 2.45) is 5.92 Å². The van der Waals surface area contributed by atoms with Crippen LogP contribution in [-0.2, 0) is 14.3 Å². The standard InChI is InChI=1S/C17H20ClNO4/c1-2-16(21)19-9-3-4-13(10-19)17(22)23-11-15(20)12-5-7-14(18)8-6-12/h5-8,13H,2-4,9-11H2,1H3/t13-/m0/s1. The largest absolute Gasteiger partial charge is 0.457 e. The van der Waals surface area contributed by atoms with Crippen molar-refractivity contribution in [1.82, 2.24) is 4.90 Å². The number of esters is 1. The summed E-state index contributed by atoms with van der Waals surface area (Å²) in [6.07, 6.45) is 1.88. The first-order valence-corrected chi connectivity index (χ1v) is 8.12. The number of Topliss-reactive ketones (excluding diaryl/α,β-unsaturated/α-hetero) is 1. The first-order chi connectivity index (χ1) is 11.0. The second kappa shape index (κ2) is 8.11. The van der Waals surface area contributed by atoms with E-state index in [0.717, 1.165) is 6.42 Å². The van der Waals surface area contributed by atoms with Gasteiger partial charge in [0.2, 0.25) is 5.91 Å². The Hall–Kier alpha value is -1.88. The van der Waals surface area contributed by atoms with Crippen LogP contribution in [0.15, 0.2) is 24.3 Å². The smallest absolute Gasteiger partial charge is 0.311 e. The molecule has 2 rings (SSSR count). The van der Waals surface area contributed by atoms with Gasteiger partial charge in [0.1, 0.15) is 0 Å². The summed E-state index contributed by atoms with van der Waals surface area (Å²) in [5, 5.41) is 0.543. The van der Waals surface area contributed by atoms with Crippen LogP contribution in [0, 0.1) is 5.92 Å². The van der Waals surface area contributed by atoms with Crippen LogP contribution in [0.4, 0.5) is 0 Å². The van der Waals surface area contributed by atoms with Crippen molar-refractivity contribution in [1.29, 1.82) is 0 Å². The van der Waals surface area contributed by atoms with E-state index >= 15 is 0 Å². The normalized spacial score (nSPS) is 17.7. The average molecular weight is 338 g/mol. The molecule has 124 valence electrons. The highest BCUT2D eigenvalue weighted by Crippen LogP contribution is 2.19. The molecule has 5 nitrogen and oxygen atoms in total. The van der Waals surface area contributed by atoms with Gasteiger partial charge in [-0.05, 0) is 37.1 Å². The fourth-order valence-electron chi connectivity index (χ4n) is 2.59. The van der Waals surface area contributed by atoms with Crippen molar-refractivity contribution in [3.8, 4) is 0 Å². The minimum absolute atomic E-state index is 0.0414. The minimum atomic E-state index is -0.416. The number of carbonyl (C=O) groups excluding carboxylic acids is 3. The molecule has 1 amide bonds. The number of hydrogen-bond donors (Lipinski definition) is 0. The number of nitrogens with zero attached hydrogens (tertiary/aromatic N) is 1. The minimum Gasteiger partial charge on any atom is -0.457 e. The third-order valence-electron chi connectivity index (χ3n) is 3.92. The van der Waals surface area contributed by atoms with E-state index in [2.05, 4.69) is 0 Å². The highest BCUT2D eigenvalue weighted by molar-refractivity contribution is 6.30. The van der Waals surface area contributed by atoms with Gasteiger partial charge in [-0.25, -0.2) is 0 Å². The van der Waals surface area contributed by atoms with Gasteiger partial charge >= 0.3 is 5.97 Å². The molecule has 1 atom stereocenters. The molecule has 1 aromatic rings. The molecule has 0 saturated carbocycles. The Labute approximate surface area is 140 Å². The Balaban J connectivity index is 1.85. The van der Waals surface area contributed by atoms with Crippen molar-refractivity contribution in [2.75, 3.05) is 19.7 Å². The van der Waals surface area contributed by atoms with Crippen LogP contribution >= 0.6 is 11.6 Å². The lowest BCUT2D eigenvalue weighted by molar-refractivity contribution is -0.150. The zero-order valence-electron chi connectivity index (χ0n) is 13.1. The first kappa shape index (κ1) is 17.5. The number of likely N-dealkylation sites (tertiary alicyclic amines) is 1. The highest BCUT2D eigenvalue weighted by Gasteiger charge is 2.29. The van der Waals surface area contributed by atoms with Gasteiger partial charge in [0.15, 0.2) is 12.4 Å². The van der Waals surface area contributed by atoms with Gasteiger partial charge in [0, 0.05) is 30.1 Å². The molecule has 0 spiro atoms. The van der Waals surface area contributed by atoms with E-state index in [-0.39, 0.29) is 24.2 Å². The number of hydrogen-bond acceptors (Lipinski definition) is 4. The Morgan fingerprint density at radius 1 is 1.26 bits per heavy atom. The van der Waals surface area contributed by atoms with Crippen molar-refractivity contribution < 1.29 is 19.1 Å². The van der Waals surface area contributed by atoms with Crippen LogP contribution in [0.25, 0.3) is 0 Å². The Kier molecular flexibility index (Phi) is 6.16. The summed E-state index contributed by atoms with van der Waals surface area (Å²) >= 11 is 5.77. The average Bonchev–Trinajstić information content (AvgIpc) is 2.59. The Bertz CT molecular complexity index is 585. The predicted octanol–water partition coefficient (Wildman–Crippen LogP) is 2.71. The zero-order chi connectivity index (χ0) is 16.8. The molecular weight excluding hydrogens is 318 g/mol. The molecule has 1 aromatic carbocycles. The van der Waals surface area contributed by atoms with Crippen molar-refractivity contribution in [2.45, 2.75) is 26.2 Å². The van der Waals surface area contributed by atoms with Gasteiger partial charge in [-0.1, -0.05) is 18.5 Å². The van der Waals surface area contributed by atoms with E-state index in [1.807, 2.05) is 0 Å². The monoisotopic (exact) mass is 337 g/mol. The van der Waals surface area contributed by atoms with Gasteiger partial charge in [-0.2, -0.15) is 0 Å². The van der Waals surface area contributed by atoms with E-state index < -0.39 is 5.97 Å². The zero-order valence-corrected chi connectivity index (χ0v) is 13.8.